The zero-order valence-electron chi connectivity index (χ0n) is 12.8. The molecule has 0 saturated carbocycles. The molecule has 0 radical (unpaired) electrons. The minimum atomic E-state index is -0.157. The standard InChI is InChI=1S/C15H30N2O2/c1-4-13-9-7-6-8-11-17(13)12-10-14(16-5-2)15(18)19-3/h13-14,16H,4-12H2,1-3H3. The van der Waals surface area contributed by atoms with Gasteiger partial charge >= 0.3 is 5.97 Å². The molecule has 0 aromatic heterocycles. The van der Waals surface area contributed by atoms with Crippen molar-refractivity contribution >= 4 is 5.97 Å². The molecule has 2 unspecified atom stereocenters. The summed E-state index contributed by atoms with van der Waals surface area (Å²) in [7, 11) is 1.47. The summed E-state index contributed by atoms with van der Waals surface area (Å²) in [5.74, 6) is -0.135. The van der Waals surface area contributed by atoms with Gasteiger partial charge in [0, 0.05) is 12.6 Å². The van der Waals surface area contributed by atoms with Gasteiger partial charge in [-0.1, -0.05) is 26.7 Å². The lowest BCUT2D eigenvalue weighted by molar-refractivity contribution is -0.143. The van der Waals surface area contributed by atoms with Gasteiger partial charge in [-0.15, -0.1) is 0 Å². The van der Waals surface area contributed by atoms with E-state index in [0.29, 0.717) is 6.04 Å². The van der Waals surface area contributed by atoms with Crippen molar-refractivity contribution in [2.24, 2.45) is 0 Å². The van der Waals surface area contributed by atoms with E-state index in [-0.39, 0.29) is 12.0 Å². The fourth-order valence-electron chi connectivity index (χ4n) is 2.98. The summed E-state index contributed by atoms with van der Waals surface area (Å²) in [6, 6.07) is 0.540. The molecule has 1 rings (SSSR count). The number of hydrogen-bond donors (Lipinski definition) is 1. The van der Waals surface area contributed by atoms with E-state index in [0.717, 1.165) is 19.5 Å². The summed E-state index contributed by atoms with van der Waals surface area (Å²) in [6.45, 7) is 7.27. The molecule has 1 saturated heterocycles. The minimum Gasteiger partial charge on any atom is -0.468 e. The summed E-state index contributed by atoms with van der Waals surface area (Å²) < 4.78 is 4.86. The highest BCUT2D eigenvalue weighted by atomic mass is 16.5. The molecule has 0 aromatic carbocycles. The number of rotatable bonds is 7. The van der Waals surface area contributed by atoms with Crippen LogP contribution in [0.25, 0.3) is 0 Å². The molecule has 112 valence electrons. The van der Waals surface area contributed by atoms with Gasteiger partial charge in [0.05, 0.1) is 7.11 Å². The van der Waals surface area contributed by atoms with Gasteiger partial charge in [-0.3, -0.25) is 4.79 Å². The zero-order chi connectivity index (χ0) is 14.1. The van der Waals surface area contributed by atoms with Crippen LogP contribution < -0.4 is 5.32 Å². The van der Waals surface area contributed by atoms with E-state index in [4.69, 9.17) is 4.74 Å². The Bertz CT molecular complexity index is 259. The highest BCUT2D eigenvalue weighted by Gasteiger charge is 2.23. The molecule has 0 aliphatic carbocycles. The van der Waals surface area contributed by atoms with Gasteiger partial charge in [0.1, 0.15) is 6.04 Å². The third-order valence-electron chi connectivity index (χ3n) is 4.11. The number of carbonyl (C=O) groups excluding carboxylic acids is 1. The topological polar surface area (TPSA) is 41.6 Å². The first-order valence-electron chi connectivity index (χ1n) is 7.78. The fraction of sp³-hybridized carbons (Fsp3) is 0.933. The maximum absolute atomic E-state index is 11.7. The van der Waals surface area contributed by atoms with Gasteiger partial charge in [0.15, 0.2) is 0 Å². The first-order chi connectivity index (χ1) is 9.22. The second kappa shape index (κ2) is 9.32. The van der Waals surface area contributed by atoms with Gasteiger partial charge < -0.3 is 15.0 Å². The molecule has 0 amide bonds. The van der Waals surface area contributed by atoms with Gasteiger partial charge in [0.25, 0.3) is 0 Å². The van der Waals surface area contributed by atoms with E-state index in [1.54, 1.807) is 0 Å². The first-order valence-corrected chi connectivity index (χ1v) is 7.78. The van der Waals surface area contributed by atoms with Crippen LogP contribution in [0.1, 0.15) is 52.4 Å². The van der Waals surface area contributed by atoms with Crippen LogP contribution in [0.4, 0.5) is 0 Å². The lowest BCUT2D eigenvalue weighted by atomic mass is 10.1. The molecule has 1 fully saturated rings. The molecule has 2 atom stereocenters. The molecule has 1 N–H and O–H groups in total. The van der Waals surface area contributed by atoms with Crippen molar-refractivity contribution in [2.75, 3.05) is 26.7 Å². The number of carbonyl (C=O) groups is 1. The predicted molar refractivity (Wildman–Crippen MR) is 78.2 cm³/mol. The number of methoxy groups -OCH3 is 1. The van der Waals surface area contributed by atoms with Crippen molar-refractivity contribution in [1.82, 2.24) is 10.2 Å². The van der Waals surface area contributed by atoms with Crippen LogP contribution in [-0.4, -0.2) is 49.7 Å². The number of ether oxygens (including phenoxy) is 1. The smallest absolute Gasteiger partial charge is 0.322 e. The van der Waals surface area contributed by atoms with Crippen molar-refractivity contribution in [3.05, 3.63) is 0 Å². The maximum atomic E-state index is 11.7. The number of esters is 1. The molecule has 0 spiro atoms. The Morgan fingerprint density at radius 2 is 2.16 bits per heavy atom. The van der Waals surface area contributed by atoms with Gasteiger partial charge in [0.2, 0.25) is 0 Å². The molecule has 0 bridgehead atoms. The molecular weight excluding hydrogens is 240 g/mol. The van der Waals surface area contributed by atoms with Crippen LogP contribution in [0.5, 0.6) is 0 Å². The number of likely N-dealkylation sites (N-methyl/N-ethyl adjacent to an activating group) is 1. The van der Waals surface area contributed by atoms with Crippen molar-refractivity contribution in [2.45, 2.75) is 64.5 Å². The lowest BCUT2D eigenvalue weighted by Crippen LogP contribution is -2.42. The number of hydrogen-bond acceptors (Lipinski definition) is 4. The van der Waals surface area contributed by atoms with E-state index < -0.39 is 0 Å². The fourth-order valence-corrected chi connectivity index (χ4v) is 2.98. The molecule has 4 nitrogen and oxygen atoms in total. The van der Waals surface area contributed by atoms with Crippen LogP contribution in [-0.2, 0) is 9.53 Å². The first kappa shape index (κ1) is 16.4. The van der Waals surface area contributed by atoms with Crippen LogP contribution in [0.2, 0.25) is 0 Å². The maximum Gasteiger partial charge on any atom is 0.322 e. The Balaban J connectivity index is 2.48. The predicted octanol–water partition coefficient (Wildman–Crippen LogP) is 2.18. The van der Waals surface area contributed by atoms with Crippen molar-refractivity contribution < 1.29 is 9.53 Å². The zero-order valence-corrected chi connectivity index (χ0v) is 12.8. The average Bonchev–Trinajstić information content (AvgIpc) is 2.67. The lowest BCUT2D eigenvalue weighted by Gasteiger charge is -2.30. The molecule has 19 heavy (non-hydrogen) atoms. The molecular formula is C15H30N2O2. The van der Waals surface area contributed by atoms with Crippen molar-refractivity contribution in [3.8, 4) is 0 Å². The molecule has 0 aromatic rings. The SMILES string of the molecule is CCNC(CCN1CCCCCC1CC)C(=O)OC. The minimum absolute atomic E-state index is 0.135. The summed E-state index contributed by atoms with van der Waals surface area (Å²) in [4.78, 5) is 14.3. The normalized spacial score (nSPS) is 22.8. The van der Waals surface area contributed by atoms with E-state index in [1.165, 1.54) is 45.8 Å². The third kappa shape index (κ3) is 5.49. The van der Waals surface area contributed by atoms with Crippen LogP contribution in [0, 0.1) is 0 Å². The summed E-state index contributed by atoms with van der Waals surface area (Å²) in [6.07, 6.45) is 7.35. The molecule has 1 aliphatic heterocycles. The second-order valence-corrected chi connectivity index (χ2v) is 5.37. The van der Waals surface area contributed by atoms with Crippen LogP contribution in [0.15, 0.2) is 0 Å². The second-order valence-electron chi connectivity index (χ2n) is 5.37. The van der Waals surface area contributed by atoms with Gasteiger partial charge in [-0.05, 0) is 38.8 Å². The van der Waals surface area contributed by atoms with Crippen LogP contribution in [0.3, 0.4) is 0 Å². The van der Waals surface area contributed by atoms with E-state index in [9.17, 15) is 4.79 Å². The summed E-state index contributed by atoms with van der Waals surface area (Å²) >= 11 is 0. The number of likely N-dealkylation sites (tertiary alicyclic amines) is 1. The monoisotopic (exact) mass is 270 g/mol. The number of nitrogens with zero attached hydrogens (tertiary/aromatic N) is 1. The van der Waals surface area contributed by atoms with Crippen molar-refractivity contribution in [3.63, 3.8) is 0 Å². The van der Waals surface area contributed by atoms with E-state index >= 15 is 0 Å². The number of nitrogens with one attached hydrogen (secondary N) is 1. The molecule has 1 heterocycles. The molecule has 1 aliphatic rings. The Morgan fingerprint density at radius 1 is 1.37 bits per heavy atom. The summed E-state index contributed by atoms with van der Waals surface area (Å²) in [5.41, 5.74) is 0. The Morgan fingerprint density at radius 3 is 2.79 bits per heavy atom. The van der Waals surface area contributed by atoms with Gasteiger partial charge in [-0.2, -0.15) is 0 Å². The third-order valence-corrected chi connectivity index (χ3v) is 4.11. The van der Waals surface area contributed by atoms with E-state index in [1.807, 2.05) is 6.92 Å². The summed E-state index contributed by atoms with van der Waals surface area (Å²) in [5, 5.41) is 3.22. The highest BCUT2D eigenvalue weighted by molar-refractivity contribution is 5.75. The average molecular weight is 270 g/mol. The Kier molecular flexibility index (Phi) is 8.07. The highest BCUT2D eigenvalue weighted by Crippen LogP contribution is 2.19. The van der Waals surface area contributed by atoms with Crippen LogP contribution >= 0.6 is 0 Å². The van der Waals surface area contributed by atoms with E-state index in [2.05, 4.69) is 17.1 Å². The Labute approximate surface area is 117 Å². The largest absolute Gasteiger partial charge is 0.468 e. The van der Waals surface area contributed by atoms with Gasteiger partial charge in [-0.25, -0.2) is 0 Å². The molecule has 4 heteroatoms. The Hall–Kier alpha value is -0.610. The quantitative estimate of drug-likeness (QED) is 0.720. The van der Waals surface area contributed by atoms with Crippen molar-refractivity contribution in [1.29, 1.82) is 0 Å².